The lowest BCUT2D eigenvalue weighted by molar-refractivity contribution is -0.131. The van der Waals surface area contributed by atoms with Crippen molar-refractivity contribution in [3.63, 3.8) is 0 Å². The smallest absolute Gasteiger partial charge is 0.242 e. The second kappa shape index (κ2) is 6.52. The summed E-state index contributed by atoms with van der Waals surface area (Å²) in [5.41, 5.74) is 0.877. The molecule has 2 heterocycles. The van der Waals surface area contributed by atoms with E-state index in [2.05, 4.69) is 0 Å². The lowest BCUT2D eigenvalue weighted by Crippen LogP contribution is -2.45. The van der Waals surface area contributed by atoms with Crippen LogP contribution in [-0.2, 0) is 9.59 Å². The normalized spacial score (nSPS) is 19.1. The third kappa shape index (κ3) is 3.23. The van der Waals surface area contributed by atoms with Gasteiger partial charge in [-0.1, -0.05) is 25.0 Å². The van der Waals surface area contributed by atoms with E-state index in [1.807, 2.05) is 29.2 Å². The van der Waals surface area contributed by atoms with Crippen molar-refractivity contribution < 1.29 is 9.59 Å². The van der Waals surface area contributed by atoms with Crippen molar-refractivity contribution in [2.75, 3.05) is 30.3 Å². The quantitative estimate of drug-likeness (QED) is 0.843. The van der Waals surface area contributed by atoms with Gasteiger partial charge in [0.15, 0.2) is 0 Å². The van der Waals surface area contributed by atoms with Gasteiger partial charge in [-0.15, -0.1) is 11.8 Å². The van der Waals surface area contributed by atoms with Gasteiger partial charge < -0.3 is 9.80 Å². The number of hydrogen-bond acceptors (Lipinski definition) is 3. The number of hydrogen-bond donors (Lipinski definition) is 0. The molecule has 2 aliphatic heterocycles. The topological polar surface area (TPSA) is 40.6 Å². The van der Waals surface area contributed by atoms with E-state index in [0.717, 1.165) is 36.5 Å². The number of benzene rings is 1. The fraction of sp³-hybridized carbons (Fsp3) is 0.500. The summed E-state index contributed by atoms with van der Waals surface area (Å²) < 4.78 is 0. The van der Waals surface area contributed by atoms with Crippen LogP contribution in [0.4, 0.5) is 5.69 Å². The highest BCUT2D eigenvalue weighted by Crippen LogP contribution is 2.34. The number of fused-ring (bicyclic) bond motifs is 1. The lowest BCUT2D eigenvalue weighted by Gasteiger charge is -2.30. The fourth-order valence-electron chi connectivity index (χ4n) is 2.88. The number of carbonyl (C=O) groups is 2. The Bertz CT molecular complexity index is 539. The summed E-state index contributed by atoms with van der Waals surface area (Å²) in [6.45, 7) is 1.84. The molecule has 1 saturated heterocycles. The van der Waals surface area contributed by atoms with Gasteiger partial charge in [0.2, 0.25) is 11.8 Å². The Labute approximate surface area is 129 Å². The van der Waals surface area contributed by atoms with Crippen molar-refractivity contribution in [1.82, 2.24) is 4.90 Å². The van der Waals surface area contributed by atoms with Crippen LogP contribution in [0.5, 0.6) is 0 Å². The number of amides is 2. The maximum Gasteiger partial charge on any atom is 0.242 e. The summed E-state index contributed by atoms with van der Waals surface area (Å²) in [5, 5.41) is 0. The molecule has 0 spiro atoms. The zero-order valence-electron chi connectivity index (χ0n) is 12.1. The Morgan fingerprint density at radius 1 is 1.10 bits per heavy atom. The molecule has 0 N–H and O–H groups in total. The Balaban J connectivity index is 1.74. The summed E-state index contributed by atoms with van der Waals surface area (Å²) in [7, 11) is 0. The second-order valence-electron chi connectivity index (χ2n) is 5.53. The second-order valence-corrected chi connectivity index (χ2v) is 6.55. The van der Waals surface area contributed by atoms with E-state index in [1.54, 1.807) is 16.7 Å². The number of nitrogens with zero attached hydrogens (tertiary/aromatic N) is 2. The maximum absolute atomic E-state index is 12.5. The van der Waals surface area contributed by atoms with E-state index in [4.69, 9.17) is 0 Å². The minimum absolute atomic E-state index is 0.0295. The molecule has 3 rings (SSSR count). The monoisotopic (exact) mass is 304 g/mol. The SMILES string of the molecule is O=C(CN1C(=O)CSc2ccccc21)N1CCCCCC1. The number of likely N-dealkylation sites (tertiary alicyclic amines) is 1. The average molecular weight is 304 g/mol. The first-order valence-electron chi connectivity index (χ1n) is 7.56. The molecule has 1 fully saturated rings. The van der Waals surface area contributed by atoms with Crippen LogP contribution in [0.25, 0.3) is 0 Å². The molecule has 0 radical (unpaired) electrons. The molecule has 0 aliphatic carbocycles. The van der Waals surface area contributed by atoms with Crippen molar-refractivity contribution in [2.45, 2.75) is 30.6 Å². The van der Waals surface area contributed by atoms with Crippen LogP contribution < -0.4 is 4.90 Å². The molecule has 1 aromatic carbocycles. The molecule has 2 amide bonds. The minimum Gasteiger partial charge on any atom is -0.341 e. The van der Waals surface area contributed by atoms with Crippen LogP contribution >= 0.6 is 11.8 Å². The molecule has 21 heavy (non-hydrogen) atoms. The van der Waals surface area contributed by atoms with Gasteiger partial charge in [0.05, 0.1) is 11.4 Å². The minimum atomic E-state index is 0.0295. The number of rotatable bonds is 2. The molecule has 0 atom stereocenters. The standard InChI is InChI=1S/C16H20N2O2S/c19-15(17-9-5-1-2-6-10-17)11-18-13-7-3-4-8-14(13)21-12-16(18)20/h3-4,7-8H,1-2,5-6,9-12H2. The van der Waals surface area contributed by atoms with Crippen LogP contribution in [0.2, 0.25) is 0 Å². The molecule has 0 aromatic heterocycles. The number of carbonyl (C=O) groups excluding carboxylic acids is 2. The fourth-order valence-corrected chi connectivity index (χ4v) is 3.82. The molecule has 1 aromatic rings. The molecule has 2 aliphatic rings. The van der Waals surface area contributed by atoms with Crippen LogP contribution in [0.1, 0.15) is 25.7 Å². The zero-order chi connectivity index (χ0) is 14.7. The third-order valence-electron chi connectivity index (χ3n) is 4.06. The summed E-state index contributed by atoms with van der Waals surface area (Å²) >= 11 is 1.55. The highest BCUT2D eigenvalue weighted by atomic mass is 32.2. The highest BCUT2D eigenvalue weighted by Gasteiger charge is 2.28. The average Bonchev–Trinajstić information content (AvgIpc) is 2.79. The first kappa shape index (κ1) is 14.4. The zero-order valence-corrected chi connectivity index (χ0v) is 12.9. The van der Waals surface area contributed by atoms with Gasteiger partial charge in [-0.2, -0.15) is 0 Å². The predicted octanol–water partition coefficient (Wildman–Crippen LogP) is 2.53. The van der Waals surface area contributed by atoms with Crippen LogP contribution in [0, 0.1) is 0 Å². The molecule has 5 heteroatoms. The number of para-hydroxylation sites is 1. The molecule has 0 saturated carbocycles. The molecular weight excluding hydrogens is 284 g/mol. The van der Waals surface area contributed by atoms with Crippen molar-refractivity contribution in [3.8, 4) is 0 Å². The summed E-state index contributed by atoms with van der Waals surface area (Å²) in [6.07, 6.45) is 4.55. The molecule has 4 nitrogen and oxygen atoms in total. The van der Waals surface area contributed by atoms with Gasteiger partial charge in [0.1, 0.15) is 6.54 Å². The number of thioether (sulfide) groups is 1. The van der Waals surface area contributed by atoms with Crippen molar-refractivity contribution in [3.05, 3.63) is 24.3 Å². The lowest BCUT2D eigenvalue weighted by atomic mass is 10.2. The molecule has 0 bridgehead atoms. The summed E-state index contributed by atoms with van der Waals surface area (Å²) in [5.74, 6) is 0.526. The summed E-state index contributed by atoms with van der Waals surface area (Å²) in [6, 6.07) is 7.82. The van der Waals surface area contributed by atoms with Gasteiger partial charge in [0, 0.05) is 18.0 Å². The van der Waals surface area contributed by atoms with Gasteiger partial charge in [-0.25, -0.2) is 0 Å². The third-order valence-corrected chi connectivity index (χ3v) is 5.11. The molecule has 112 valence electrons. The van der Waals surface area contributed by atoms with E-state index in [1.165, 1.54) is 12.8 Å². The van der Waals surface area contributed by atoms with Crippen molar-refractivity contribution in [2.24, 2.45) is 0 Å². The first-order valence-corrected chi connectivity index (χ1v) is 8.54. The van der Waals surface area contributed by atoms with Crippen molar-refractivity contribution in [1.29, 1.82) is 0 Å². The van der Waals surface area contributed by atoms with Gasteiger partial charge in [0.25, 0.3) is 0 Å². The van der Waals surface area contributed by atoms with Crippen LogP contribution in [-0.4, -0.2) is 42.1 Å². The van der Waals surface area contributed by atoms with E-state index in [0.29, 0.717) is 5.75 Å². The molecular formula is C16H20N2O2S. The van der Waals surface area contributed by atoms with E-state index >= 15 is 0 Å². The number of anilines is 1. The predicted molar refractivity (Wildman–Crippen MR) is 84.6 cm³/mol. The van der Waals surface area contributed by atoms with E-state index < -0.39 is 0 Å². The van der Waals surface area contributed by atoms with Crippen LogP contribution in [0.15, 0.2) is 29.2 Å². The highest BCUT2D eigenvalue weighted by molar-refractivity contribution is 8.00. The summed E-state index contributed by atoms with van der Waals surface area (Å²) in [4.78, 5) is 29.3. The van der Waals surface area contributed by atoms with Gasteiger partial charge >= 0.3 is 0 Å². The van der Waals surface area contributed by atoms with E-state index in [-0.39, 0.29) is 18.4 Å². The Hall–Kier alpha value is -1.49. The Morgan fingerprint density at radius 2 is 1.81 bits per heavy atom. The van der Waals surface area contributed by atoms with Crippen LogP contribution in [0.3, 0.4) is 0 Å². The molecule has 0 unspecified atom stereocenters. The first-order chi connectivity index (χ1) is 10.3. The Morgan fingerprint density at radius 3 is 2.57 bits per heavy atom. The van der Waals surface area contributed by atoms with E-state index in [9.17, 15) is 9.59 Å². The van der Waals surface area contributed by atoms with Gasteiger partial charge in [-0.05, 0) is 25.0 Å². The van der Waals surface area contributed by atoms with Gasteiger partial charge in [-0.3, -0.25) is 9.59 Å². The largest absolute Gasteiger partial charge is 0.341 e. The Kier molecular flexibility index (Phi) is 4.48. The maximum atomic E-state index is 12.5. The van der Waals surface area contributed by atoms with Crippen molar-refractivity contribution >= 4 is 29.3 Å².